The van der Waals surface area contributed by atoms with Crippen LogP contribution in [0.2, 0.25) is 0 Å². The number of nitroso groups, excluding NO2 is 1. The Morgan fingerprint density at radius 3 is 2.61 bits per heavy atom. The van der Waals surface area contributed by atoms with Crippen molar-refractivity contribution in [3.05, 3.63) is 4.91 Å². The molecule has 2 fully saturated rings. The zero-order valence-electron chi connectivity index (χ0n) is 15.0. The van der Waals surface area contributed by atoms with Gasteiger partial charge in [-0.15, -0.1) is 0 Å². The maximum Gasteiger partial charge on any atom is 0.194 e. The van der Waals surface area contributed by atoms with Crippen LogP contribution in [0, 0.1) is 22.2 Å². The molecule has 0 aromatic rings. The predicted octanol–water partition coefficient (Wildman–Crippen LogP) is 2.99. The highest BCUT2D eigenvalue weighted by atomic mass is 16.6. The Kier molecular flexibility index (Phi) is 6.32. The van der Waals surface area contributed by atoms with Crippen molar-refractivity contribution >= 4 is 5.78 Å². The standard InChI is InChI=1S/C18H32NO4/c1-13-10-14(2)17(20)18(3,4)7-5-8-19(21)9-6-15-16(23-15)12-22-11-13/h13-16H,5-12H2,1-4H3/q+1. The number of nitrogens with zero attached hydrogens (tertiary/aromatic N) is 1. The fourth-order valence-corrected chi connectivity index (χ4v) is 3.61. The molecule has 2 aliphatic heterocycles. The molecule has 2 rings (SSSR count). The number of rotatable bonds is 0. The van der Waals surface area contributed by atoms with E-state index in [2.05, 4.69) is 6.92 Å². The van der Waals surface area contributed by atoms with Crippen molar-refractivity contribution in [2.75, 3.05) is 26.3 Å². The Morgan fingerprint density at radius 2 is 1.87 bits per heavy atom. The minimum absolute atomic E-state index is 0.0322. The molecule has 0 amide bonds. The highest BCUT2D eigenvalue weighted by Crippen LogP contribution is 2.30. The number of ketones is 1. The Balaban J connectivity index is 1.94. The summed E-state index contributed by atoms with van der Waals surface area (Å²) in [7, 11) is 0. The number of carbonyl (C=O) groups excluding carboxylic acids is 1. The topological polar surface area (TPSA) is 58.9 Å². The average molecular weight is 326 g/mol. The summed E-state index contributed by atoms with van der Waals surface area (Å²) in [5, 5.41) is 0. The monoisotopic (exact) mass is 326 g/mol. The molecule has 0 aliphatic carbocycles. The van der Waals surface area contributed by atoms with Crippen LogP contribution in [0.25, 0.3) is 0 Å². The van der Waals surface area contributed by atoms with Gasteiger partial charge in [-0.3, -0.25) is 4.79 Å². The SMILES string of the molecule is CC1COCC2OC2CC[N+](=O)CCCC(C)(C)C(=O)C(C)C1. The van der Waals surface area contributed by atoms with Gasteiger partial charge in [0.2, 0.25) is 0 Å². The van der Waals surface area contributed by atoms with Gasteiger partial charge in [0, 0.05) is 35.7 Å². The van der Waals surface area contributed by atoms with Crippen LogP contribution in [-0.4, -0.2) is 49.1 Å². The zero-order chi connectivity index (χ0) is 17.0. The maximum atomic E-state index is 12.7. The third-order valence-electron chi connectivity index (χ3n) is 5.11. The number of carbonyl (C=O) groups is 1. The second kappa shape index (κ2) is 7.84. The van der Waals surface area contributed by atoms with Crippen LogP contribution < -0.4 is 0 Å². The summed E-state index contributed by atoms with van der Waals surface area (Å²) >= 11 is 0. The Labute approximate surface area is 139 Å². The minimum atomic E-state index is -0.359. The van der Waals surface area contributed by atoms with Gasteiger partial charge in [-0.05, 0) is 23.5 Å². The number of Topliss-reactive ketones (excluding diaryl/α,β-unsaturated/α-hetero) is 1. The smallest absolute Gasteiger partial charge is 0.194 e. The fraction of sp³-hybridized carbons (Fsp3) is 0.944. The summed E-state index contributed by atoms with van der Waals surface area (Å²) in [4.78, 5) is 24.6. The number of ether oxygens (including phenoxy) is 2. The van der Waals surface area contributed by atoms with Crippen molar-refractivity contribution in [2.45, 2.75) is 65.6 Å². The molecule has 132 valence electrons. The van der Waals surface area contributed by atoms with Crippen LogP contribution >= 0.6 is 0 Å². The van der Waals surface area contributed by atoms with Gasteiger partial charge in [0.25, 0.3) is 0 Å². The molecule has 2 heterocycles. The first-order chi connectivity index (χ1) is 10.8. The number of hydrogen-bond donors (Lipinski definition) is 0. The van der Waals surface area contributed by atoms with Crippen molar-refractivity contribution in [2.24, 2.45) is 17.3 Å². The second-order valence-corrected chi connectivity index (χ2v) is 8.06. The van der Waals surface area contributed by atoms with E-state index in [9.17, 15) is 9.70 Å². The molecule has 0 N–H and O–H groups in total. The summed E-state index contributed by atoms with van der Waals surface area (Å²) in [5.41, 5.74) is -0.359. The summed E-state index contributed by atoms with van der Waals surface area (Å²) < 4.78 is 12.4. The third-order valence-corrected chi connectivity index (χ3v) is 5.11. The molecule has 0 saturated carbocycles. The molecule has 0 bridgehead atoms. The summed E-state index contributed by atoms with van der Waals surface area (Å²) in [6, 6.07) is 0. The minimum Gasteiger partial charge on any atom is -0.378 e. The molecule has 0 radical (unpaired) electrons. The van der Waals surface area contributed by atoms with Crippen LogP contribution in [0.3, 0.4) is 0 Å². The van der Waals surface area contributed by atoms with Crippen LogP contribution in [0.4, 0.5) is 0 Å². The van der Waals surface area contributed by atoms with E-state index in [1.54, 1.807) is 0 Å². The first-order valence-electron chi connectivity index (χ1n) is 8.99. The van der Waals surface area contributed by atoms with E-state index >= 15 is 0 Å². The van der Waals surface area contributed by atoms with Crippen LogP contribution in [0.1, 0.15) is 53.4 Å². The number of hydrogen-bond acceptors (Lipinski definition) is 4. The molecule has 5 nitrogen and oxygen atoms in total. The zero-order valence-corrected chi connectivity index (χ0v) is 15.0. The fourth-order valence-electron chi connectivity index (χ4n) is 3.61. The van der Waals surface area contributed by atoms with Crippen molar-refractivity contribution in [1.82, 2.24) is 0 Å². The van der Waals surface area contributed by atoms with Gasteiger partial charge in [0.1, 0.15) is 11.9 Å². The van der Waals surface area contributed by atoms with Crippen molar-refractivity contribution in [3.63, 3.8) is 0 Å². The summed E-state index contributed by atoms with van der Waals surface area (Å²) in [6.07, 6.45) is 3.50. The maximum absolute atomic E-state index is 12.7. The molecule has 0 aromatic heterocycles. The Morgan fingerprint density at radius 1 is 1.13 bits per heavy atom. The lowest BCUT2D eigenvalue weighted by Crippen LogP contribution is -2.32. The molecular weight excluding hydrogens is 294 g/mol. The molecule has 4 unspecified atom stereocenters. The Hall–Kier alpha value is -0.810. The van der Waals surface area contributed by atoms with Gasteiger partial charge in [0.15, 0.2) is 13.1 Å². The summed E-state index contributed by atoms with van der Waals surface area (Å²) in [6.45, 7) is 10.4. The highest BCUT2D eigenvalue weighted by Gasteiger charge is 2.40. The molecule has 2 aliphatic rings. The van der Waals surface area contributed by atoms with E-state index in [-0.39, 0.29) is 23.5 Å². The van der Waals surface area contributed by atoms with Crippen molar-refractivity contribution < 1.29 is 19.0 Å². The Bertz CT molecular complexity index is 435. The van der Waals surface area contributed by atoms with E-state index in [0.717, 1.165) is 30.4 Å². The molecule has 23 heavy (non-hydrogen) atoms. The van der Waals surface area contributed by atoms with E-state index in [4.69, 9.17) is 9.47 Å². The van der Waals surface area contributed by atoms with Gasteiger partial charge in [-0.1, -0.05) is 27.7 Å². The molecule has 4 atom stereocenters. The normalized spacial score (nSPS) is 37.2. The summed E-state index contributed by atoms with van der Waals surface area (Å²) in [5.74, 6) is 0.705. The lowest BCUT2D eigenvalue weighted by atomic mass is 9.76. The molecule has 2 saturated heterocycles. The number of epoxide rings is 1. The van der Waals surface area contributed by atoms with Crippen LogP contribution in [0.15, 0.2) is 0 Å². The van der Waals surface area contributed by atoms with Gasteiger partial charge in [-0.25, -0.2) is 0 Å². The molecule has 5 heteroatoms. The first kappa shape index (κ1) is 18.5. The van der Waals surface area contributed by atoms with Gasteiger partial charge in [-0.2, -0.15) is 0 Å². The van der Waals surface area contributed by atoms with Gasteiger partial charge >= 0.3 is 0 Å². The highest BCUT2D eigenvalue weighted by molar-refractivity contribution is 5.86. The average Bonchev–Trinajstić information content (AvgIpc) is 3.21. The number of fused-ring (bicyclic) bond motifs is 1. The van der Waals surface area contributed by atoms with E-state index in [0.29, 0.717) is 38.0 Å². The third kappa shape index (κ3) is 5.64. The van der Waals surface area contributed by atoms with Gasteiger partial charge < -0.3 is 9.47 Å². The van der Waals surface area contributed by atoms with Crippen LogP contribution in [0.5, 0.6) is 0 Å². The van der Waals surface area contributed by atoms with E-state index < -0.39 is 0 Å². The predicted molar refractivity (Wildman–Crippen MR) is 88.4 cm³/mol. The largest absolute Gasteiger partial charge is 0.378 e. The van der Waals surface area contributed by atoms with Crippen molar-refractivity contribution in [1.29, 1.82) is 0 Å². The molecule has 0 aromatic carbocycles. The van der Waals surface area contributed by atoms with Crippen molar-refractivity contribution in [3.8, 4) is 0 Å². The second-order valence-electron chi connectivity index (χ2n) is 8.06. The van der Waals surface area contributed by atoms with Crippen LogP contribution in [-0.2, 0) is 14.3 Å². The quantitative estimate of drug-likeness (QED) is 0.507. The van der Waals surface area contributed by atoms with E-state index in [1.807, 2.05) is 20.8 Å². The molecular formula is C18H32NO4+. The lowest BCUT2D eigenvalue weighted by molar-refractivity contribution is -0.550. The van der Waals surface area contributed by atoms with Gasteiger partial charge in [0.05, 0.1) is 12.7 Å². The lowest BCUT2D eigenvalue weighted by Gasteiger charge is -2.27. The van der Waals surface area contributed by atoms with E-state index in [1.165, 1.54) is 0 Å². The first-order valence-corrected chi connectivity index (χ1v) is 8.99. The molecule has 0 spiro atoms.